The van der Waals surface area contributed by atoms with Crippen LogP contribution >= 0.6 is 0 Å². The third-order valence-corrected chi connectivity index (χ3v) is 4.36. The van der Waals surface area contributed by atoms with E-state index in [0.717, 1.165) is 35.1 Å². The third kappa shape index (κ3) is 3.37. The number of H-pyrrole nitrogens is 1. The van der Waals surface area contributed by atoms with Gasteiger partial charge in [0, 0.05) is 24.2 Å². The molecule has 0 aliphatic rings. The van der Waals surface area contributed by atoms with E-state index in [9.17, 15) is 5.11 Å². The second-order valence-electron chi connectivity index (χ2n) is 5.89. The number of anilines is 1. The lowest BCUT2D eigenvalue weighted by atomic mass is 9.99. The fraction of sp³-hybridized carbons (Fsp3) is 0.316. The molecule has 4 heteroatoms. The number of benzene rings is 2. The van der Waals surface area contributed by atoms with E-state index in [1.54, 1.807) is 6.20 Å². The highest BCUT2D eigenvalue weighted by Gasteiger charge is 2.14. The second kappa shape index (κ2) is 6.84. The number of aromatic nitrogens is 2. The quantitative estimate of drug-likeness (QED) is 0.728. The number of aliphatic hydroxyl groups excluding tert-OH is 1. The number of fused-ring (bicyclic) bond motifs is 1. The van der Waals surface area contributed by atoms with Crippen LogP contribution in [0.2, 0.25) is 0 Å². The van der Waals surface area contributed by atoms with E-state index in [4.69, 9.17) is 0 Å². The van der Waals surface area contributed by atoms with Crippen LogP contribution in [-0.4, -0.2) is 28.4 Å². The molecule has 0 radical (unpaired) electrons. The van der Waals surface area contributed by atoms with Gasteiger partial charge in [0.15, 0.2) is 0 Å². The van der Waals surface area contributed by atoms with Crippen LogP contribution in [0.3, 0.4) is 0 Å². The minimum absolute atomic E-state index is 0.466. The van der Waals surface area contributed by atoms with Crippen LogP contribution in [0.25, 0.3) is 10.9 Å². The van der Waals surface area contributed by atoms with Crippen LogP contribution < -0.4 is 4.90 Å². The molecule has 0 aliphatic carbocycles. The van der Waals surface area contributed by atoms with Crippen LogP contribution in [0.4, 0.5) is 5.69 Å². The van der Waals surface area contributed by atoms with Gasteiger partial charge in [0.05, 0.1) is 17.8 Å². The monoisotopic (exact) mass is 309 g/mol. The Kier molecular flexibility index (Phi) is 4.63. The van der Waals surface area contributed by atoms with Gasteiger partial charge in [-0.05, 0) is 55.7 Å². The summed E-state index contributed by atoms with van der Waals surface area (Å²) in [6, 6.07) is 14.4. The molecule has 0 aliphatic heterocycles. The number of aliphatic hydroxyl groups is 1. The standard InChI is InChI=1S/C19H23N3O/c1-3-22(16-7-5-4-6-8-16)10-9-19(23)17-12-15-13-20-21-18(15)11-14(17)2/h4-8,11-13,19,23H,3,9-10H2,1-2H3,(H,20,21). The maximum atomic E-state index is 10.6. The largest absolute Gasteiger partial charge is 0.388 e. The summed E-state index contributed by atoms with van der Waals surface area (Å²) < 4.78 is 0. The van der Waals surface area contributed by atoms with E-state index in [0.29, 0.717) is 6.42 Å². The first-order valence-corrected chi connectivity index (χ1v) is 8.10. The number of nitrogens with zero attached hydrogens (tertiary/aromatic N) is 2. The molecular weight excluding hydrogens is 286 g/mol. The Bertz CT molecular complexity index is 767. The number of hydrogen-bond donors (Lipinski definition) is 2. The molecule has 3 rings (SSSR count). The summed E-state index contributed by atoms with van der Waals surface area (Å²) in [7, 11) is 0. The lowest BCUT2D eigenvalue weighted by Crippen LogP contribution is -2.25. The molecule has 3 aromatic rings. The molecule has 0 saturated heterocycles. The highest BCUT2D eigenvalue weighted by molar-refractivity contribution is 5.79. The average Bonchev–Trinajstić information content (AvgIpc) is 3.02. The van der Waals surface area contributed by atoms with Gasteiger partial charge in [0.2, 0.25) is 0 Å². The van der Waals surface area contributed by atoms with Crippen LogP contribution in [0.15, 0.2) is 48.7 Å². The Morgan fingerprint density at radius 1 is 1.22 bits per heavy atom. The van der Waals surface area contributed by atoms with Crippen LogP contribution in [-0.2, 0) is 0 Å². The van der Waals surface area contributed by atoms with Crippen molar-refractivity contribution >= 4 is 16.6 Å². The van der Waals surface area contributed by atoms with Crippen LogP contribution in [0.1, 0.15) is 30.6 Å². The number of aromatic amines is 1. The van der Waals surface area contributed by atoms with E-state index in [1.807, 2.05) is 31.2 Å². The lowest BCUT2D eigenvalue weighted by molar-refractivity contribution is 0.169. The lowest BCUT2D eigenvalue weighted by Gasteiger charge is -2.25. The molecule has 1 heterocycles. The summed E-state index contributed by atoms with van der Waals surface area (Å²) >= 11 is 0. The van der Waals surface area contributed by atoms with E-state index in [2.05, 4.69) is 40.2 Å². The first-order chi connectivity index (χ1) is 11.2. The minimum Gasteiger partial charge on any atom is -0.388 e. The molecule has 4 nitrogen and oxygen atoms in total. The Labute approximate surface area is 136 Å². The Hall–Kier alpha value is -2.33. The zero-order valence-electron chi connectivity index (χ0n) is 13.7. The van der Waals surface area contributed by atoms with Crippen LogP contribution in [0, 0.1) is 6.92 Å². The molecule has 120 valence electrons. The molecule has 23 heavy (non-hydrogen) atoms. The Balaban J connectivity index is 1.72. The number of hydrogen-bond acceptors (Lipinski definition) is 3. The molecular formula is C19H23N3O. The van der Waals surface area contributed by atoms with Gasteiger partial charge in [-0.2, -0.15) is 5.10 Å². The molecule has 0 bridgehead atoms. The smallest absolute Gasteiger partial charge is 0.0809 e. The molecule has 1 unspecified atom stereocenters. The summed E-state index contributed by atoms with van der Waals surface area (Å²) in [4.78, 5) is 2.29. The normalized spacial score (nSPS) is 12.5. The molecule has 0 saturated carbocycles. The number of rotatable bonds is 6. The molecule has 0 fully saturated rings. The van der Waals surface area contributed by atoms with Crippen molar-refractivity contribution in [3.05, 3.63) is 59.8 Å². The van der Waals surface area contributed by atoms with Gasteiger partial charge in [-0.15, -0.1) is 0 Å². The van der Waals surface area contributed by atoms with Crippen molar-refractivity contribution in [2.45, 2.75) is 26.4 Å². The van der Waals surface area contributed by atoms with Gasteiger partial charge < -0.3 is 10.0 Å². The Morgan fingerprint density at radius 3 is 2.74 bits per heavy atom. The summed E-state index contributed by atoms with van der Waals surface area (Å²) in [6.45, 7) is 5.93. The van der Waals surface area contributed by atoms with Gasteiger partial charge in [0.1, 0.15) is 0 Å². The number of nitrogens with one attached hydrogen (secondary N) is 1. The molecule has 2 aromatic carbocycles. The fourth-order valence-corrected chi connectivity index (χ4v) is 3.02. The zero-order chi connectivity index (χ0) is 16.2. The summed E-state index contributed by atoms with van der Waals surface area (Å²) in [5.74, 6) is 0. The Morgan fingerprint density at radius 2 is 2.00 bits per heavy atom. The van der Waals surface area contributed by atoms with Gasteiger partial charge in [-0.3, -0.25) is 5.10 Å². The van der Waals surface area contributed by atoms with Crippen molar-refractivity contribution in [2.24, 2.45) is 0 Å². The van der Waals surface area contributed by atoms with Crippen molar-refractivity contribution in [3.8, 4) is 0 Å². The summed E-state index contributed by atoms with van der Waals surface area (Å²) in [5, 5.41) is 18.7. The van der Waals surface area contributed by atoms with E-state index in [1.165, 1.54) is 5.69 Å². The third-order valence-electron chi connectivity index (χ3n) is 4.36. The first-order valence-electron chi connectivity index (χ1n) is 8.10. The van der Waals surface area contributed by atoms with Crippen molar-refractivity contribution in [1.82, 2.24) is 10.2 Å². The van der Waals surface area contributed by atoms with Gasteiger partial charge in [0.25, 0.3) is 0 Å². The molecule has 1 atom stereocenters. The van der Waals surface area contributed by atoms with E-state index >= 15 is 0 Å². The number of aryl methyl sites for hydroxylation is 1. The van der Waals surface area contributed by atoms with Gasteiger partial charge >= 0.3 is 0 Å². The van der Waals surface area contributed by atoms with Crippen LogP contribution in [0.5, 0.6) is 0 Å². The maximum Gasteiger partial charge on any atom is 0.0809 e. The topological polar surface area (TPSA) is 52.1 Å². The first kappa shape index (κ1) is 15.6. The van der Waals surface area contributed by atoms with E-state index < -0.39 is 6.10 Å². The predicted molar refractivity (Wildman–Crippen MR) is 94.7 cm³/mol. The van der Waals surface area contributed by atoms with Crippen molar-refractivity contribution < 1.29 is 5.11 Å². The predicted octanol–water partition coefficient (Wildman–Crippen LogP) is 3.82. The minimum atomic E-state index is -0.466. The van der Waals surface area contributed by atoms with Crippen molar-refractivity contribution in [3.63, 3.8) is 0 Å². The number of para-hydroxylation sites is 1. The highest BCUT2D eigenvalue weighted by atomic mass is 16.3. The molecule has 0 amide bonds. The average molecular weight is 309 g/mol. The van der Waals surface area contributed by atoms with E-state index in [-0.39, 0.29) is 0 Å². The van der Waals surface area contributed by atoms with Gasteiger partial charge in [-0.1, -0.05) is 18.2 Å². The fourth-order valence-electron chi connectivity index (χ4n) is 3.02. The molecule has 2 N–H and O–H groups in total. The van der Waals surface area contributed by atoms with Crippen molar-refractivity contribution in [1.29, 1.82) is 0 Å². The zero-order valence-corrected chi connectivity index (χ0v) is 13.7. The second-order valence-corrected chi connectivity index (χ2v) is 5.89. The van der Waals surface area contributed by atoms with Gasteiger partial charge in [-0.25, -0.2) is 0 Å². The summed E-state index contributed by atoms with van der Waals surface area (Å²) in [5.41, 5.74) is 4.29. The highest BCUT2D eigenvalue weighted by Crippen LogP contribution is 2.26. The summed E-state index contributed by atoms with van der Waals surface area (Å²) in [6.07, 6.45) is 2.03. The molecule has 1 aromatic heterocycles. The molecule has 0 spiro atoms. The SMILES string of the molecule is CCN(CCC(O)c1cc2cn[nH]c2cc1C)c1ccccc1. The van der Waals surface area contributed by atoms with Crippen molar-refractivity contribution in [2.75, 3.05) is 18.0 Å². The maximum absolute atomic E-state index is 10.6.